The van der Waals surface area contributed by atoms with E-state index in [1.165, 1.54) is 11.8 Å². The van der Waals surface area contributed by atoms with Crippen LogP contribution in [-0.4, -0.2) is 40.2 Å². The Hall–Kier alpha value is -1.82. The summed E-state index contributed by atoms with van der Waals surface area (Å²) < 4.78 is 0. The predicted molar refractivity (Wildman–Crippen MR) is 78.3 cm³/mol. The van der Waals surface area contributed by atoms with Crippen LogP contribution >= 0.6 is 11.8 Å². The largest absolute Gasteiger partial charge is 0.352 e. The lowest BCUT2D eigenvalue weighted by molar-refractivity contribution is -0.129. The molecule has 1 unspecified atom stereocenters. The third-order valence-electron chi connectivity index (χ3n) is 3.29. The fourth-order valence-corrected chi connectivity index (χ4v) is 3.44. The molecule has 1 N–H and O–H groups in total. The van der Waals surface area contributed by atoms with Crippen molar-refractivity contribution in [1.29, 1.82) is 0 Å². The first-order valence-corrected chi connectivity index (χ1v) is 7.45. The summed E-state index contributed by atoms with van der Waals surface area (Å²) in [6.07, 6.45) is 0.214. The molecule has 5 nitrogen and oxygen atoms in total. The molecule has 0 aromatic heterocycles. The lowest BCUT2D eigenvalue weighted by atomic mass is 10.2. The van der Waals surface area contributed by atoms with Crippen molar-refractivity contribution in [3.05, 3.63) is 35.9 Å². The second kappa shape index (κ2) is 5.66. The number of hydrogen-bond acceptors (Lipinski definition) is 4. The topological polar surface area (TPSA) is 61.8 Å². The summed E-state index contributed by atoms with van der Waals surface area (Å²) in [6, 6.07) is 9.73. The maximum atomic E-state index is 12.0. The normalized spacial score (nSPS) is 20.8. The van der Waals surface area contributed by atoms with Crippen LogP contribution in [0.3, 0.4) is 0 Å². The van der Waals surface area contributed by atoms with Gasteiger partial charge in [0.2, 0.25) is 11.8 Å². The number of fused-ring (bicyclic) bond motifs is 1. The zero-order valence-corrected chi connectivity index (χ0v) is 11.7. The van der Waals surface area contributed by atoms with Crippen molar-refractivity contribution in [2.24, 2.45) is 4.99 Å². The van der Waals surface area contributed by atoms with E-state index in [9.17, 15) is 9.59 Å². The van der Waals surface area contributed by atoms with E-state index in [1.807, 2.05) is 30.3 Å². The van der Waals surface area contributed by atoms with Crippen LogP contribution in [-0.2, 0) is 16.1 Å². The summed E-state index contributed by atoms with van der Waals surface area (Å²) in [7, 11) is 0. The van der Waals surface area contributed by atoms with Crippen LogP contribution in [0.5, 0.6) is 0 Å². The lowest BCUT2D eigenvalue weighted by Crippen LogP contribution is -2.33. The predicted octanol–water partition coefficient (Wildman–Crippen LogP) is 1.01. The second-order valence-electron chi connectivity index (χ2n) is 4.73. The number of nitrogens with one attached hydrogen (secondary N) is 1. The molecule has 2 amide bonds. The molecule has 3 rings (SSSR count). The second-order valence-corrected chi connectivity index (χ2v) is 5.90. The molecule has 2 aliphatic heterocycles. The molecule has 0 aliphatic carbocycles. The number of benzene rings is 1. The van der Waals surface area contributed by atoms with Gasteiger partial charge in [0.15, 0.2) is 5.17 Å². The summed E-state index contributed by atoms with van der Waals surface area (Å²) in [6.45, 7) is 1.83. The third-order valence-corrected chi connectivity index (χ3v) is 4.51. The minimum Gasteiger partial charge on any atom is -0.352 e. The highest BCUT2D eigenvalue weighted by Crippen LogP contribution is 2.31. The first kappa shape index (κ1) is 13.2. The molecule has 2 heterocycles. The van der Waals surface area contributed by atoms with Crippen molar-refractivity contribution in [3.63, 3.8) is 0 Å². The number of nitrogens with zero attached hydrogens (tertiary/aromatic N) is 2. The Bertz CT molecular complexity index is 559. The van der Waals surface area contributed by atoms with Crippen LogP contribution in [0, 0.1) is 0 Å². The Kier molecular flexibility index (Phi) is 3.73. The minimum absolute atomic E-state index is 0.0149. The third kappa shape index (κ3) is 2.70. The highest BCUT2D eigenvalue weighted by Gasteiger charge is 2.40. The Morgan fingerprint density at radius 1 is 1.40 bits per heavy atom. The van der Waals surface area contributed by atoms with E-state index < -0.39 is 0 Å². The fraction of sp³-hybridized carbons (Fsp3) is 0.357. The van der Waals surface area contributed by atoms with Crippen molar-refractivity contribution in [1.82, 2.24) is 10.2 Å². The van der Waals surface area contributed by atoms with Crippen LogP contribution in [0.25, 0.3) is 0 Å². The van der Waals surface area contributed by atoms with Crippen LogP contribution in [0.1, 0.15) is 12.0 Å². The molecule has 104 valence electrons. The van der Waals surface area contributed by atoms with Crippen LogP contribution in [0.4, 0.5) is 0 Å². The molecule has 0 bridgehead atoms. The van der Waals surface area contributed by atoms with Crippen molar-refractivity contribution < 1.29 is 9.59 Å². The molecule has 0 spiro atoms. The van der Waals surface area contributed by atoms with Gasteiger partial charge < -0.3 is 5.32 Å². The van der Waals surface area contributed by atoms with Crippen molar-refractivity contribution >= 4 is 28.7 Å². The van der Waals surface area contributed by atoms with E-state index in [0.29, 0.717) is 19.6 Å². The molecule has 1 atom stereocenters. The van der Waals surface area contributed by atoms with E-state index in [2.05, 4.69) is 10.3 Å². The molecule has 1 aromatic rings. The van der Waals surface area contributed by atoms with E-state index in [-0.39, 0.29) is 23.5 Å². The van der Waals surface area contributed by atoms with Gasteiger partial charge in [-0.2, -0.15) is 0 Å². The van der Waals surface area contributed by atoms with Gasteiger partial charge in [0, 0.05) is 19.5 Å². The van der Waals surface area contributed by atoms with Gasteiger partial charge in [0.05, 0.1) is 6.54 Å². The average molecular weight is 289 g/mol. The molecular weight excluding hydrogens is 274 g/mol. The van der Waals surface area contributed by atoms with Gasteiger partial charge in [-0.3, -0.25) is 19.5 Å². The SMILES string of the molecule is O=C(CC1SC2=NCCN2C1=O)NCc1ccccc1. The zero-order chi connectivity index (χ0) is 13.9. The number of hydrogen-bond donors (Lipinski definition) is 1. The number of aliphatic imine (C=N–C) groups is 1. The molecule has 0 saturated carbocycles. The van der Waals surface area contributed by atoms with Gasteiger partial charge in [-0.25, -0.2) is 0 Å². The standard InChI is InChI=1S/C14H15N3O2S/c18-12(16-9-10-4-2-1-3-5-10)8-11-13(19)17-7-6-15-14(17)20-11/h1-5,11H,6-9H2,(H,16,18). The quantitative estimate of drug-likeness (QED) is 0.899. The minimum atomic E-state index is -0.315. The monoisotopic (exact) mass is 289 g/mol. The molecule has 6 heteroatoms. The lowest BCUT2D eigenvalue weighted by Gasteiger charge is -2.10. The van der Waals surface area contributed by atoms with Gasteiger partial charge in [-0.05, 0) is 5.56 Å². The van der Waals surface area contributed by atoms with Crippen molar-refractivity contribution in [3.8, 4) is 0 Å². The molecule has 1 saturated heterocycles. The van der Waals surface area contributed by atoms with Gasteiger partial charge in [-0.15, -0.1) is 0 Å². The number of amidine groups is 1. The Morgan fingerprint density at radius 2 is 2.20 bits per heavy atom. The smallest absolute Gasteiger partial charge is 0.242 e. The highest BCUT2D eigenvalue weighted by molar-refractivity contribution is 8.15. The molecule has 0 radical (unpaired) electrons. The average Bonchev–Trinajstić information content (AvgIpc) is 3.02. The summed E-state index contributed by atoms with van der Waals surface area (Å²) in [5, 5.41) is 3.31. The Morgan fingerprint density at radius 3 is 2.95 bits per heavy atom. The molecule has 1 fully saturated rings. The maximum Gasteiger partial charge on any atom is 0.242 e. The first-order valence-electron chi connectivity index (χ1n) is 6.57. The van der Waals surface area contributed by atoms with E-state index in [0.717, 1.165) is 10.7 Å². The number of thioether (sulfide) groups is 1. The summed E-state index contributed by atoms with van der Waals surface area (Å²) in [5.74, 6) is -0.0809. The van der Waals surface area contributed by atoms with Gasteiger partial charge in [-0.1, -0.05) is 42.1 Å². The van der Waals surface area contributed by atoms with Crippen molar-refractivity contribution in [2.75, 3.05) is 13.1 Å². The van der Waals surface area contributed by atoms with Crippen molar-refractivity contribution in [2.45, 2.75) is 18.2 Å². The number of amides is 2. The number of carbonyl (C=O) groups excluding carboxylic acids is 2. The zero-order valence-electron chi connectivity index (χ0n) is 10.9. The van der Waals surface area contributed by atoms with E-state index >= 15 is 0 Å². The number of rotatable bonds is 4. The summed E-state index contributed by atoms with van der Waals surface area (Å²) in [5.41, 5.74) is 1.05. The van der Waals surface area contributed by atoms with Crippen LogP contribution in [0.15, 0.2) is 35.3 Å². The molecule has 20 heavy (non-hydrogen) atoms. The van der Waals surface area contributed by atoms with Gasteiger partial charge >= 0.3 is 0 Å². The Balaban J connectivity index is 1.51. The first-order chi connectivity index (χ1) is 9.74. The van der Waals surface area contributed by atoms with E-state index in [1.54, 1.807) is 4.90 Å². The van der Waals surface area contributed by atoms with E-state index in [4.69, 9.17) is 0 Å². The maximum absolute atomic E-state index is 12.0. The fourth-order valence-electron chi connectivity index (χ4n) is 2.25. The molecule has 2 aliphatic rings. The van der Waals surface area contributed by atoms with Gasteiger partial charge in [0.1, 0.15) is 5.25 Å². The van der Waals surface area contributed by atoms with Crippen LogP contribution < -0.4 is 5.32 Å². The summed E-state index contributed by atoms with van der Waals surface area (Å²) in [4.78, 5) is 29.9. The highest BCUT2D eigenvalue weighted by atomic mass is 32.2. The Labute approximate surface area is 121 Å². The molecular formula is C14H15N3O2S. The van der Waals surface area contributed by atoms with Gasteiger partial charge in [0.25, 0.3) is 0 Å². The summed E-state index contributed by atoms with van der Waals surface area (Å²) >= 11 is 1.40. The number of carbonyl (C=O) groups is 2. The molecule has 1 aromatic carbocycles. The van der Waals surface area contributed by atoms with Crippen LogP contribution in [0.2, 0.25) is 0 Å².